The van der Waals surface area contributed by atoms with Gasteiger partial charge in [-0.1, -0.05) is 20.8 Å². The standard InChI is InChI=1S/C13H24IN3O3SSi/c1-9(21(15,18)19)11(12-16-7-10(14)8-17-12)20-22(5,6)13(2,3)4/h7-9,11H,1-6H3,(H2,15,18,19)/t9-,11-/m0/s1. The smallest absolute Gasteiger partial charge is 0.214 e. The van der Waals surface area contributed by atoms with Gasteiger partial charge in [-0.05, 0) is 47.6 Å². The highest BCUT2D eigenvalue weighted by Gasteiger charge is 2.43. The molecule has 0 aliphatic heterocycles. The first-order chi connectivity index (χ1) is 9.75. The Morgan fingerprint density at radius 2 is 1.73 bits per heavy atom. The van der Waals surface area contributed by atoms with Gasteiger partial charge in [0.1, 0.15) is 11.4 Å². The molecule has 0 amide bonds. The highest BCUT2D eigenvalue weighted by molar-refractivity contribution is 14.1. The van der Waals surface area contributed by atoms with Gasteiger partial charge in [0.05, 0.1) is 0 Å². The van der Waals surface area contributed by atoms with Crippen LogP contribution in [0.4, 0.5) is 0 Å². The second-order valence-electron chi connectivity index (χ2n) is 6.85. The average molecular weight is 457 g/mol. The summed E-state index contributed by atoms with van der Waals surface area (Å²) in [6.45, 7) is 11.9. The summed E-state index contributed by atoms with van der Waals surface area (Å²) in [6.07, 6.45) is 2.51. The first-order valence-corrected chi connectivity index (χ1v) is 12.5. The summed E-state index contributed by atoms with van der Waals surface area (Å²) in [4.78, 5) is 8.48. The number of primary sulfonamides is 1. The van der Waals surface area contributed by atoms with Crippen LogP contribution < -0.4 is 5.14 Å². The van der Waals surface area contributed by atoms with Gasteiger partial charge in [0.2, 0.25) is 10.0 Å². The first-order valence-electron chi connectivity index (χ1n) is 6.92. The van der Waals surface area contributed by atoms with E-state index >= 15 is 0 Å². The third kappa shape index (κ3) is 4.95. The van der Waals surface area contributed by atoms with Gasteiger partial charge in [0, 0.05) is 16.0 Å². The maximum Gasteiger partial charge on any atom is 0.214 e. The molecule has 0 bridgehead atoms. The highest BCUT2D eigenvalue weighted by atomic mass is 127. The molecule has 0 spiro atoms. The molecular formula is C13H24IN3O3SSi. The lowest BCUT2D eigenvalue weighted by atomic mass is 10.2. The number of aromatic nitrogens is 2. The summed E-state index contributed by atoms with van der Waals surface area (Å²) < 4.78 is 30.7. The second-order valence-corrected chi connectivity index (χ2v) is 14.8. The molecular weight excluding hydrogens is 433 g/mol. The number of hydrogen-bond donors (Lipinski definition) is 1. The fraction of sp³-hybridized carbons (Fsp3) is 0.692. The fourth-order valence-corrected chi connectivity index (χ4v) is 3.69. The van der Waals surface area contributed by atoms with Crippen molar-refractivity contribution in [2.45, 2.75) is 57.2 Å². The van der Waals surface area contributed by atoms with Crippen molar-refractivity contribution >= 4 is 40.9 Å². The number of nitrogens with two attached hydrogens (primary N) is 1. The average Bonchev–Trinajstić information content (AvgIpc) is 2.34. The summed E-state index contributed by atoms with van der Waals surface area (Å²) in [5, 5.41) is 4.35. The molecule has 126 valence electrons. The van der Waals surface area contributed by atoms with Crippen molar-refractivity contribution in [3.8, 4) is 0 Å². The van der Waals surface area contributed by atoms with Gasteiger partial charge in [-0.2, -0.15) is 0 Å². The summed E-state index contributed by atoms with van der Waals surface area (Å²) in [7, 11) is -5.97. The maximum atomic E-state index is 11.8. The molecule has 0 aliphatic rings. The predicted molar refractivity (Wildman–Crippen MR) is 98.3 cm³/mol. The van der Waals surface area contributed by atoms with Crippen LogP contribution in [0.3, 0.4) is 0 Å². The molecule has 1 heterocycles. The largest absolute Gasteiger partial charge is 0.405 e. The zero-order chi connectivity index (χ0) is 17.3. The van der Waals surface area contributed by atoms with Crippen molar-refractivity contribution in [2.24, 2.45) is 5.14 Å². The first kappa shape index (κ1) is 19.9. The van der Waals surface area contributed by atoms with E-state index < -0.39 is 29.7 Å². The zero-order valence-electron chi connectivity index (χ0n) is 13.8. The monoisotopic (exact) mass is 457 g/mol. The third-order valence-electron chi connectivity index (χ3n) is 4.07. The molecule has 0 aromatic carbocycles. The van der Waals surface area contributed by atoms with E-state index in [9.17, 15) is 8.42 Å². The molecule has 9 heteroatoms. The lowest BCUT2D eigenvalue weighted by Crippen LogP contribution is -2.46. The van der Waals surface area contributed by atoms with Gasteiger partial charge < -0.3 is 4.43 Å². The van der Waals surface area contributed by atoms with E-state index in [1.807, 2.05) is 0 Å². The van der Waals surface area contributed by atoms with Gasteiger partial charge in [-0.25, -0.2) is 23.5 Å². The summed E-state index contributed by atoms with van der Waals surface area (Å²) in [5.74, 6) is 0.353. The van der Waals surface area contributed by atoms with Crippen molar-refractivity contribution < 1.29 is 12.8 Å². The molecule has 0 fully saturated rings. The summed E-state index contributed by atoms with van der Waals surface area (Å²) in [6, 6.07) is 0. The molecule has 6 nitrogen and oxygen atoms in total. The lowest BCUT2D eigenvalue weighted by Gasteiger charge is -2.39. The minimum absolute atomic E-state index is 0.0630. The van der Waals surface area contributed by atoms with E-state index in [0.29, 0.717) is 5.82 Å². The Hall–Kier alpha value is -0.103. The van der Waals surface area contributed by atoms with Crippen molar-refractivity contribution in [3.05, 3.63) is 21.8 Å². The molecule has 0 radical (unpaired) electrons. The van der Waals surface area contributed by atoms with Crippen LogP contribution in [0.25, 0.3) is 0 Å². The predicted octanol–water partition coefficient (Wildman–Crippen LogP) is 2.82. The van der Waals surface area contributed by atoms with Crippen LogP contribution in [0.5, 0.6) is 0 Å². The third-order valence-corrected chi connectivity index (χ3v) is 10.4. The van der Waals surface area contributed by atoms with Crippen molar-refractivity contribution in [2.75, 3.05) is 0 Å². The van der Waals surface area contributed by atoms with E-state index in [1.54, 1.807) is 12.4 Å². The minimum atomic E-state index is -3.76. The van der Waals surface area contributed by atoms with Crippen LogP contribution >= 0.6 is 22.6 Å². The SMILES string of the molecule is C[C@@H]([C@H](O[Si](C)(C)C(C)(C)C)c1ncc(I)cn1)S(N)(=O)=O. The Morgan fingerprint density at radius 1 is 1.27 bits per heavy atom. The fourth-order valence-electron chi connectivity index (χ4n) is 1.49. The van der Waals surface area contributed by atoms with Gasteiger partial charge in [0.25, 0.3) is 0 Å². The lowest BCUT2D eigenvalue weighted by molar-refractivity contribution is 0.172. The Bertz CT molecular complexity index is 614. The van der Waals surface area contributed by atoms with Gasteiger partial charge in [-0.15, -0.1) is 0 Å². The molecule has 0 unspecified atom stereocenters. The zero-order valence-corrected chi connectivity index (χ0v) is 17.8. The number of halogens is 1. The Morgan fingerprint density at radius 3 is 2.09 bits per heavy atom. The van der Waals surface area contributed by atoms with Gasteiger partial charge in [0.15, 0.2) is 14.1 Å². The minimum Gasteiger partial charge on any atom is -0.405 e. The van der Waals surface area contributed by atoms with Crippen LogP contribution in [-0.4, -0.2) is 32.0 Å². The molecule has 1 aromatic rings. The second kappa shape index (κ2) is 6.79. The van der Waals surface area contributed by atoms with Crippen LogP contribution in [0, 0.1) is 3.57 Å². The van der Waals surface area contributed by atoms with Crippen LogP contribution in [0.15, 0.2) is 12.4 Å². The normalized spacial score (nSPS) is 16.4. The van der Waals surface area contributed by atoms with Crippen molar-refractivity contribution in [1.82, 2.24) is 9.97 Å². The van der Waals surface area contributed by atoms with Crippen LogP contribution in [0.2, 0.25) is 18.1 Å². The Balaban J connectivity index is 3.27. The van der Waals surface area contributed by atoms with Crippen LogP contribution in [0.1, 0.15) is 39.6 Å². The topological polar surface area (TPSA) is 95.2 Å². The van der Waals surface area contributed by atoms with E-state index in [2.05, 4.69) is 66.4 Å². The highest BCUT2D eigenvalue weighted by Crippen LogP contribution is 2.40. The number of sulfonamides is 1. The van der Waals surface area contributed by atoms with E-state index in [4.69, 9.17) is 9.56 Å². The molecule has 0 aliphatic carbocycles. The molecule has 0 saturated carbocycles. The van der Waals surface area contributed by atoms with Crippen molar-refractivity contribution in [3.63, 3.8) is 0 Å². The van der Waals surface area contributed by atoms with Gasteiger partial charge in [-0.3, -0.25) is 0 Å². The molecule has 1 aromatic heterocycles. The molecule has 0 saturated heterocycles. The molecule has 2 N–H and O–H groups in total. The Kier molecular flexibility index (Phi) is 6.16. The molecule has 22 heavy (non-hydrogen) atoms. The summed E-state index contributed by atoms with van der Waals surface area (Å²) in [5.41, 5.74) is 0. The van der Waals surface area contributed by atoms with E-state index in [0.717, 1.165) is 3.57 Å². The van der Waals surface area contributed by atoms with Crippen molar-refractivity contribution in [1.29, 1.82) is 0 Å². The quantitative estimate of drug-likeness (QED) is 0.542. The number of rotatable bonds is 5. The summed E-state index contributed by atoms with van der Waals surface area (Å²) >= 11 is 2.09. The van der Waals surface area contributed by atoms with E-state index in [-0.39, 0.29) is 5.04 Å². The van der Waals surface area contributed by atoms with E-state index in [1.165, 1.54) is 6.92 Å². The number of hydrogen-bond acceptors (Lipinski definition) is 5. The molecule has 2 atom stereocenters. The Labute approximate surface area is 147 Å². The van der Waals surface area contributed by atoms with Crippen LogP contribution in [-0.2, 0) is 14.4 Å². The van der Waals surface area contributed by atoms with Gasteiger partial charge >= 0.3 is 0 Å². The molecule has 1 rings (SSSR count). The maximum absolute atomic E-state index is 11.8. The number of nitrogens with zero attached hydrogens (tertiary/aromatic N) is 2.